The van der Waals surface area contributed by atoms with Gasteiger partial charge in [-0.15, -0.1) is 0 Å². The summed E-state index contributed by atoms with van der Waals surface area (Å²) in [4.78, 5) is 51.1. The van der Waals surface area contributed by atoms with Gasteiger partial charge in [-0.3, -0.25) is 19.3 Å². The maximum absolute atomic E-state index is 12.8. The normalized spacial score (nSPS) is 23.2. The number of imide groups is 1. The van der Waals surface area contributed by atoms with Gasteiger partial charge in [0, 0.05) is 5.56 Å². The summed E-state index contributed by atoms with van der Waals surface area (Å²) in [6.45, 7) is 1.76. The summed E-state index contributed by atoms with van der Waals surface area (Å²) in [6.07, 6.45) is 2.44. The second-order valence-electron chi connectivity index (χ2n) is 8.06. The van der Waals surface area contributed by atoms with E-state index in [1.165, 1.54) is 17.0 Å². The predicted molar refractivity (Wildman–Crippen MR) is 110 cm³/mol. The zero-order valence-corrected chi connectivity index (χ0v) is 16.7. The van der Waals surface area contributed by atoms with Gasteiger partial charge in [0.15, 0.2) is 12.4 Å². The van der Waals surface area contributed by atoms with Crippen LogP contribution in [0.1, 0.15) is 46.9 Å². The molecule has 3 atom stereocenters. The Morgan fingerprint density at radius 1 is 0.900 bits per heavy atom. The van der Waals surface area contributed by atoms with Crippen LogP contribution in [-0.4, -0.2) is 30.2 Å². The molecule has 2 amide bonds. The Bertz CT molecular complexity index is 982. The first-order valence-electron chi connectivity index (χ1n) is 10.2. The minimum Gasteiger partial charge on any atom is -0.454 e. The summed E-state index contributed by atoms with van der Waals surface area (Å²) in [5.41, 5.74) is 1.19. The molecule has 0 radical (unpaired) electrons. The van der Waals surface area contributed by atoms with Gasteiger partial charge < -0.3 is 4.74 Å². The lowest BCUT2D eigenvalue weighted by Crippen LogP contribution is -2.30. The van der Waals surface area contributed by atoms with Gasteiger partial charge in [0.2, 0.25) is 11.8 Å². The molecule has 4 rings (SSSR count). The third-order valence-corrected chi connectivity index (χ3v) is 5.98. The highest BCUT2D eigenvalue weighted by molar-refractivity contribution is 6.22. The first-order chi connectivity index (χ1) is 14.5. The molecule has 0 unspecified atom stereocenters. The zero-order valence-electron chi connectivity index (χ0n) is 16.7. The van der Waals surface area contributed by atoms with Crippen LogP contribution in [0.2, 0.25) is 0 Å². The smallest absolute Gasteiger partial charge is 0.338 e. The number of benzene rings is 2. The van der Waals surface area contributed by atoms with Crippen molar-refractivity contribution in [1.82, 2.24) is 0 Å². The number of fused-ring (bicyclic) bond motifs is 1. The van der Waals surface area contributed by atoms with Gasteiger partial charge in [-0.2, -0.15) is 0 Å². The van der Waals surface area contributed by atoms with Crippen molar-refractivity contribution in [3.8, 4) is 0 Å². The summed E-state index contributed by atoms with van der Waals surface area (Å²) in [5, 5.41) is 0. The number of carbonyl (C=O) groups excluding carboxylic acids is 4. The predicted octanol–water partition coefficient (Wildman–Crippen LogP) is 3.65. The van der Waals surface area contributed by atoms with Crippen LogP contribution in [0.5, 0.6) is 0 Å². The Morgan fingerprint density at radius 2 is 1.57 bits per heavy atom. The second-order valence-corrected chi connectivity index (χ2v) is 8.06. The molecule has 1 aliphatic carbocycles. The van der Waals surface area contributed by atoms with Crippen LogP contribution < -0.4 is 4.90 Å². The van der Waals surface area contributed by atoms with Crippen LogP contribution in [-0.2, 0) is 14.3 Å². The van der Waals surface area contributed by atoms with Gasteiger partial charge in [-0.05, 0) is 49.4 Å². The number of hydrogen-bond acceptors (Lipinski definition) is 5. The largest absolute Gasteiger partial charge is 0.454 e. The SMILES string of the molecule is C[C@H]1CC[C@@H]2C(=O)N(c3ccc(C(=O)OCC(=O)c4ccccc4)cc3)C(=O)[C@@H]2C1. The van der Waals surface area contributed by atoms with Gasteiger partial charge in [-0.25, -0.2) is 4.79 Å². The van der Waals surface area contributed by atoms with Gasteiger partial charge in [-0.1, -0.05) is 37.3 Å². The number of hydrogen-bond donors (Lipinski definition) is 0. The summed E-state index contributed by atoms with van der Waals surface area (Å²) >= 11 is 0. The number of ketones is 1. The third kappa shape index (κ3) is 3.77. The van der Waals surface area contributed by atoms with Crippen LogP contribution in [0.25, 0.3) is 0 Å². The lowest BCUT2D eigenvalue weighted by atomic mass is 9.76. The highest BCUT2D eigenvalue weighted by atomic mass is 16.5. The molecular weight excluding hydrogens is 382 g/mol. The van der Waals surface area contributed by atoms with Crippen molar-refractivity contribution in [3.63, 3.8) is 0 Å². The van der Waals surface area contributed by atoms with Crippen molar-refractivity contribution in [3.05, 3.63) is 65.7 Å². The molecule has 1 saturated heterocycles. The number of anilines is 1. The van der Waals surface area contributed by atoms with E-state index < -0.39 is 5.97 Å². The Hall–Kier alpha value is -3.28. The van der Waals surface area contributed by atoms with Crippen molar-refractivity contribution in [1.29, 1.82) is 0 Å². The van der Waals surface area contributed by atoms with E-state index in [2.05, 4.69) is 6.92 Å². The summed E-state index contributed by atoms with van der Waals surface area (Å²) in [7, 11) is 0. The Labute approximate surface area is 174 Å². The van der Waals surface area contributed by atoms with Gasteiger partial charge in [0.1, 0.15) is 0 Å². The fraction of sp³-hybridized carbons (Fsp3) is 0.333. The number of amides is 2. The lowest BCUT2D eigenvalue weighted by molar-refractivity contribution is -0.122. The van der Waals surface area contributed by atoms with Crippen LogP contribution in [0.4, 0.5) is 5.69 Å². The zero-order chi connectivity index (χ0) is 21.3. The first-order valence-corrected chi connectivity index (χ1v) is 10.2. The average molecular weight is 405 g/mol. The van der Waals surface area contributed by atoms with E-state index in [1.807, 2.05) is 0 Å². The van der Waals surface area contributed by atoms with Crippen LogP contribution in [0, 0.1) is 17.8 Å². The van der Waals surface area contributed by atoms with Crippen molar-refractivity contribution in [2.75, 3.05) is 11.5 Å². The molecule has 30 heavy (non-hydrogen) atoms. The fourth-order valence-corrected chi connectivity index (χ4v) is 4.31. The van der Waals surface area contributed by atoms with E-state index in [0.717, 1.165) is 19.3 Å². The van der Waals surface area contributed by atoms with E-state index in [0.29, 0.717) is 17.2 Å². The molecule has 1 aliphatic heterocycles. The molecule has 2 fully saturated rings. The molecule has 6 nitrogen and oxygen atoms in total. The molecular formula is C24H23NO5. The lowest BCUT2D eigenvalue weighted by Gasteiger charge is -2.25. The molecule has 154 valence electrons. The molecule has 0 aromatic heterocycles. The Balaban J connectivity index is 1.41. The fourth-order valence-electron chi connectivity index (χ4n) is 4.31. The van der Waals surface area contributed by atoms with E-state index in [9.17, 15) is 19.2 Å². The number of Topliss-reactive ketones (excluding diaryl/α,β-unsaturated/α-hetero) is 1. The topological polar surface area (TPSA) is 80.8 Å². The maximum Gasteiger partial charge on any atom is 0.338 e. The van der Waals surface area contributed by atoms with Crippen LogP contribution >= 0.6 is 0 Å². The van der Waals surface area contributed by atoms with E-state index in [1.54, 1.807) is 42.5 Å². The molecule has 1 heterocycles. The number of nitrogens with zero attached hydrogens (tertiary/aromatic N) is 1. The molecule has 1 saturated carbocycles. The molecule has 2 aromatic rings. The number of esters is 1. The van der Waals surface area contributed by atoms with E-state index >= 15 is 0 Å². The minimum absolute atomic E-state index is 0.152. The summed E-state index contributed by atoms with van der Waals surface area (Å²) < 4.78 is 5.10. The average Bonchev–Trinajstić information content (AvgIpc) is 3.02. The number of carbonyl (C=O) groups is 4. The highest BCUT2D eigenvalue weighted by Gasteiger charge is 2.49. The summed E-state index contributed by atoms with van der Waals surface area (Å²) in [6, 6.07) is 14.8. The molecule has 6 heteroatoms. The van der Waals surface area contributed by atoms with Crippen molar-refractivity contribution < 1.29 is 23.9 Å². The third-order valence-electron chi connectivity index (χ3n) is 5.98. The summed E-state index contributed by atoms with van der Waals surface area (Å²) in [5.74, 6) is -1.25. The standard InChI is InChI=1S/C24H23NO5/c1-15-7-12-19-20(13-15)23(28)25(22(19)27)18-10-8-17(9-11-18)24(29)30-14-21(26)16-5-3-2-4-6-16/h2-6,8-11,15,19-20H,7,12-14H2,1H3/t15-,19-,20+/m0/s1. The molecule has 2 aromatic carbocycles. The molecule has 0 spiro atoms. The van der Waals surface area contributed by atoms with Crippen molar-refractivity contribution >= 4 is 29.3 Å². The Kier molecular flexibility index (Phi) is 5.48. The van der Waals surface area contributed by atoms with Crippen LogP contribution in [0.15, 0.2) is 54.6 Å². The van der Waals surface area contributed by atoms with Crippen molar-refractivity contribution in [2.24, 2.45) is 17.8 Å². The maximum atomic E-state index is 12.8. The number of rotatable bonds is 5. The second kappa shape index (κ2) is 8.22. The van der Waals surface area contributed by atoms with E-state index in [-0.39, 0.29) is 41.6 Å². The number of ether oxygens (including phenoxy) is 1. The minimum atomic E-state index is -0.632. The first kappa shape index (κ1) is 20.0. The van der Waals surface area contributed by atoms with Gasteiger partial charge in [0.25, 0.3) is 0 Å². The monoisotopic (exact) mass is 405 g/mol. The Morgan fingerprint density at radius 3 is 2.27 bits per heavy atom. The molecule has 0 N–H and O–H groups in total. The van der Waals surface area contributed by atoms with E-state index in [4.69, 9.17) is 4.74 Å². The molecule has 2 aliphatic rings. The van der Waals surface area contributed by atoms with Crippen molar-refractivity contribution in [2.45, 2.75) is 26.2 Å². The van der Waals surface area contributed by atoms with Gasteiger partial charge in [0.05, 0.1) is 23.1 Å². The molecule has 0 bridgehead atoms. The quantitative estimate of drug-likeness (QED) is 0.431. The van der Waals surface area contributed by atoms with Gasteiger partial charge >= 0.3 is 5.97 Å². The highest BCUT2D eigenvalue weighted by Crippen LogP contribution is 2.42. The van der Waals surface area contributed by atoms with Crippen LogP contribution in [0.3, 0.4) is 0 Å².